The predicted molar refractivity (Wildman–Crippen MR) is 220 cm³/mol. The summed E-state index contributed by atoms with van der Waals surface area (Å²) in [4.78, 5) is 25.5. The van der Waals surface area contributed by atoms with E-state index >= 15 is 0 Å². The average Bonchev–Trinajstić information content (AvgIpc) is 3.33. The Morgan fingerprint density at radius 1 is 0.366 bits per heavy atom. The first-order valence-corrected chi connectivity index (χ1v) is 22.8. The van der Waals surface area contributed by atoms with Gasteiger partial charge in [-0.05, 0) is 13.8 Å². The van der Waals surface area contributed by atoms with E-state index in [0.29, 0.717) is 0 Å². The number of carbonyl (C=O) groups is 2. The van der Waals surface area contributed by atoms with Gasteiger partial charge in [0.25, 0.3) is 0 Å². The summed E-state index contributed by atoms with van der Waals surface area (Å²) in [5, 5.41) is 177. The largest absolute Gasteiger partial charge is 0.394 e. The van der Waals surface area contributed by atoms with Gasteiger partial charge >= 0.3 is 0 Å². The molecule has 31 heteroatoms. The molecule has 6 saturated heterocycles. The van der Waals surface area contributed by atoms with Gasteiger partial charge in [-0.2, -0.15) is 0 Å². The lowest BCUT2D eigenvalue weighted by Gasteiger charge is -2.53. The van der Waals surface area contributed by atoms with Gasteiger partial charge in [0.05, 0.1) is 38.6 Å². The Morgan fingerprint density at radius 2 is 0.761 bits per heavy atom. The molecule has 6 aliphatic rings. The number of ether oxygens (including phenoxy) is 11. The van der Waals surface area contributed by atoms with E-state index in [1.807, 2.05) is 0 Å². The van der Waals surface area contributed by atoms with E-state index in [4.69, 9.17) is 52.1 Å². The van der Waals surface area contributed by atoms with E-state index in [9.17, 15) is 91.3 Å². The molecule has 0 bridgehead atoms. The first-order valence-electron chi connectivity index (χ1n) is 22.8. The third-order valence-corrected chi connectivity index (χ3v) is 13.2. The quantitative estimate of drug-likeness (QED) is 0.0682. The molecular formula is C40H68N2O29. The Kier molecular flexibility index (Phi) is 20.2. The molecule has 0 aliphatic carbocycles. The van der Waals surface area contributed by atoms with Crippen LogP contribution < -0.4 is 10.6 Å². The van der Waals surface area contributed by atoms with Crippen molar-refractivity contribution in [3.63, 3.8) is 0 Å². The van der Waals surface area contributed by atoms with Crippen molar-refractivity contribution in [3.8, 4) is 0 Å². The van der Waals surface area contributed by atoms with Crippen molar-refractivity contribution in [2.24, 2.45) is 0 Å². The lowest BCUT2D eigenvalue weighted by atomic mass is 9.93. The van der Waals surface area contributed by atoms with E-state index < -0.39 is 222 Å². The van der Waals surface area contributed by atoms with Gasteiger partial charge in [0.15, 0.2) is 37.7 Å². The Bertz CT molecular complexity index is 1710. The van der Waals surface area contributed by atoms with Gasteiger partial charge in [-0.3, -0.25) is 9.59 Å². The second-order valence-corrected chi connectivity index (χ2v) is 18.2. The maximum Gasteiger partial charge on any atom is 0.217 e. The van der Waals surface area contributed by atoms with Crippen molar-refractivity contribution in [3.05, 3.63) is 0 Å². The van der Waals surface area contributed by atoms with Crippen LogP contribution in [0.3, 0.4) is 0 Å². The maximum absolute atomic E-state index is 13.1. The summed E-state index contributed by atoms with van der Waals surface area (Å²) in [6.45, 7) is 0.597. The molecule has 6 fully saturated rings. The summed E-state index contributed by atoms with van der Waals surface area (Å²) >= 11 is 0. The number of amides is 2. The molecule has 0 aromatic carbocycles. The average molecular weight is 1040 g/mol. The van der Waals surface area contributed by atoms with E-state index in [1.165, 1.54) is 13.8 Å². The van der Waals surface area contributed by atoms with Crippen LogP contribution >= 0.6 is 0 Å². The molecule has 6 aliphatic heterocycles. The van der Waals surface area contributed by atoms with Crippen LogP contribution in [0.1, 0.15) is 27.7 Å². The predicted octanol–water partition coefficient (Wildman–Crippen LogP) is -11.8. The zero-order valence-corrected chi connectivity index (χ0v) is 38.6. The Hall–Kier alpha value is -2.14. The molecular weight excluding hydrogens is 972 g/mol. The van der Waals surface area contributed by atoms with E-state index in [1.54, 1.807) is 0 Å². The van der Waals surface area contributed by atoms with Gasteiger partial charge in [0.2, 0.25) is 11.8 Å². The smallest absolute Gasteiger partial charge is 0.217 e. The second-order valence-electron chi connectivity index (χ2n) is 18.2. The van der Waals surface area contributed by atoms with Crippen LogP contribution in [0.2, 0.25) is 0 Å². The molecule has 6 heterocycles. The van der Waals surface area contributed by atoms with E-state index in [2.05, 4.69) is 10.6 Å². The highest BCUT2D eigenvalue weighted by atomic mass is 16.8. The highest BCUT2D eigenvalue weighted by Crippen LogP contribution is 2.39. The van der Waals surface area contributed by atoms with Gasteiger partial charge in [0.1, 0.15) is 134 Å². The number of rotatable bonds is 16. The number of carbonyl (C=O) groups excluding carboxylic acids is 2. The third-order valence-electron chi connectivity index (χ3n) is 13.2. The Morgan fingerprint density at radius 3 is 1.28 bits per heavy atom. The molecule has 71 heavy (non-hydrogen) atoms. The van der Waals surface area contributed by atoms with Gasteiger partial charge < -0.3 is 144 Å². The molecule has 0 radical (unpaired) electrons. The van der Waals surface area contributed by atoms with Crippen LogP contribution in [-0.2, 0) is 61.7 Å². The fraction of sp³-hybridized carbons (Fsp3) is 0.950. The Labute approximate surface area is 403 Å². The molecule has 6 rings (SSSR count). The molecule has 0 aromatic rings. The van der Waals surface area contributed by atoms with Crippen LogP contribution in [0, 0.1) is 0 Å². The number of aliphatic hydroxyl groups is 16. The van der Waals surface area contributed by atoms with Crippen molar-refractivity contribution in [2.75, 3.05) is 26.4 Å². The molecule has 0 unspecified atom stereocenters. The first-order chi connectivity index (χ1) is 33.5. The molecule has 18 N–H and O–H groups in total. The van der Waals surface area contributed by atoms with Crippen molar-refractivity contribution in [1.29, 1.82) is 0 Å². The van der Waals surface area contributed by atoms with Crippen molar-refractivity contribution >= 4 is 11.8 Å². The summed E-state index contributed by atoms with van der Waals surface area (Å²) in [5.74, 6) is -1.70. The SMILES string of the molecule is CC(=O)N[C@H]1[C@@H](O[C@H]2[C@@H](O)[C@@H](CO)O[C@@H](O[C@@H]3[C@@H](NC(C)=O)[C@H](O[C@@H]4[C@@H](O)[C@@H](O)O[C@H](CO)[C@@H]4O)O[C@H](CO)[C@H]3O[C@@H]3O[C@@H](C)[C@@H](O)[C@@H](O)[C@@H]3O)[C@@H]2O[C@@H]2O[C@@H](C)[C@@H](O)[C@@H](O)[C@@H]2O)O[C@H](CO)[C@H](O)[C@@H]1O. The lowest BCUT2D eigenvalue weighted by molar-refractivity contribution is -0.407. The number of nitrogens with one attached hydrogen (secondary N) is 2. The maximum atomic E-state index is 13.1. The Balaban J connectivity index is 1.48. The number of hydrogen-bond donors (Lipinski definition) is 18. The van der Waals surface area contributed by atoms with Gasteiger partial charge in [-0.15, -0.1) is 0 Å². The fourth-order valence-corrected chi connectivity index (χ4v) is 9.17. The number of aliphatic hydroxyl groups excluding tert-OH is 16. The molecule has 0 saturated carbocycles. The number of hydrogen-bond acceptors (Lipinski definition) is 29. The second kappa shape index (κ2) is 24.7. The normalized spacial score (nSPS) is 50.8. The first kappa shape index (κ1) is 58.1. The van der Waals surface area contributed by atoms with Crippen molar-refractivity contribution in [1.82, 2.24) is 10.6 Å². The molecule has 30 atom stereocenters. The molecule has 0 aromatic heterocycles. The zero-order chi connectivity index (χ0) is 52.5. The highest BCUT2D eigenvalue weighted by molar-refractivity contribution is 5.73. The lowest BCUT2D eigenvalue weighted by Crippen LogP contribution is -2.72. The van der Waals surface area contributed by atoms with Crippen LogP contribution in [0.25, 0.3) is 0 Å². The van der Waals surface area contributed by atoms with Gasteiger partial charge in [-0.1, -0.05) is 0 Å². The minimum Gasteiger partial charge on any atom is -0.394 e. The highest BCUT2D eigenvalue weighted by Gasteiger charge is 2.59. The summed E-state index contributed by atoms with van der Waals surface area (Å²) in [6, 6.07) is -3.56. The van der Waals surface area contributed by atoms with Gasteiger partial charge in [0, 0.05) is 13.8 Å². The van der Waals surface area contributed by atoms with Gasteiger partial charge in [-0.25, -0.2) is 0 Å². The van der Waals surface area contributed by atoms with Crippen molar-refractivity contribution in [2.45, 2.75) is 212 Å². The molecule has 2 amide bonds. The fourth-order valence-electron chi connectivity index (χ4n) is 9.17. The zero-order valence-electron chi connectivity index (χ0n) is 38.6. The van der Waals surface area contributed by atoms with Crippen LogP contribution in [0.4, 0.5) is 0 Å². The van der Waals surface area contributed by atoms with Crippen LogP contribution in [0.5, 0.6) is 0 Å². The molecule has 0 spiro atoms. The van der Waals surface area contributed by atoms with E-state index in [-0.39, 0.29) is 0 Å². The summed E-state index contributed by atoms with van der Waals surface area (Å²) in [7, 11) is 0. The van der Waals surface area contributed by atoms with Crippen LogP contribution in [-0.4, -0.2) is 304 Å². The summed E-state index contributed by atoms with van der Waals surface area (Å²) in [5.41, 5.74) is 0. The van der Waals surface area contributed by atoms with E-state index in [0.717, 1.165) is 13.8 Å². The summed E-state index contributed by atoms with van der Waals surface area (Å²) in [6.07, 6.45) is -52.8. The van der Waals surface area contributed by atoms with Crippen LogP contribution in [0.15, 0.2) is 0 Å². The minimum atomic E-state index is -2.21. The topological polar surface area (TPSA) is 483 Å². The standard InChI is InChI=1S/C40H68N2O29/c1-9-19(49)25(55)27(57)38(61-9)67-30-16(8-46)66-37(69-32-22(52)14(6-44)63-35(60)29(32)59)18(42-12(4)48)31(30)68-40-34(71-39-28(58)26(56)20(50)10(2)62-39)33(23(53)15(7-45)65-40)70-36-17(41-11(3)47)24(54)21(51)13(5-43)64-36/h9-10,13-40,43-46,49-60H,5-8H2,1-4H3,(H,41,47)(H,42,48)/t9-,10-,13+,14+,15+,16+,17+,18+,19+,20+,21-,22-,23-,24+,25+,26+,27-,28-,29+,30+,31+,32-,33-,34+,35-,36+,37-,38-,39-,40-/m0/s1. The van der Waals surface area contributed by atoms with Crippen molar-refractivity contribution < 1.29 is 143 Å². The molecule has 31 nitrogen and oxygen atoms in total. The minimum absolute atomic E-state index is 0.800. The monoisotopic (exact) mass is 1040 g/mol. The molecule has 412 valence electrons. The third kappa shape index (κ3) is 12.4. The summed E-state index contributed by atoms with van der Waals surface area (Å²) < 4.78 is 65.4.